The average molecular weight is 353 g/mol. The molecular formula is C19H19N3O4. The summed E-state index contributed by atoms with van der Waals surface area (Å²) in [7, 11) is 3.13. The van der Waals surface area contributed by atoms with E-state index in [9.17, 15) is 4.79 Å². The van der Waals surface area contributed by atoms with Crippen LogP contribution in [0.1, 0.15) is 16.2 Å². The number of ether oxygens (including phenoxy) is 2. The molecule has 0 aliphatic carbocycles. The molecule has 0 spiro atoms. The lowest BCUT2D eigenvalue weighted by molar-refractivity contribution is 0.0950. The fraction of sp³-hybridized carbons (Fsp3) is 0.211. The first-order chi connectivity index (χ1) is 12.7. The third-order valence-electron chi connectivity index (χ3n) is 3.77. The Hall–Kier alpha value is -3.35. The summed E-state index contributed by atoms with van der Waals surface area (Å²) in [4.78, 5) is 16.6. The number of aromatic nitrogens is 2. The highest BCUT2D eigenvalue weighted by Gasteiger charge is 2.13. The number of carbonyl (C=O) groups excluding carboxylic acids is 1. The molecule has 26 heavy (non-hydrogen) atoms. The molecule has 0 bridgehead atoms. The predicted molar refractivity (Wildman–Crippen MR) is 95.3 cm³/mol. The van der Waals surface area contributed by atoms with Crippen molar-refractivity contribution in [1.29, 1.82) is 0 Å². The molecule has 7 nitrogen and oxygen atoms in total. The van der Waals surface area contributed by atoms with Gasteiger partial charge in [-0.3, -0.25) is 4.79 Å². The van der Waals surface area contributed by atoms with Crippen LogP contribution >= 0.6 is 0 Å². The van der Waals surface area contributed by atoms with Crippen LogP contribution in [0.25, 0.3) is 11.4 Å². The van der Waals surface area contributed by atoms with Crippen molar-refractivity contribution in [2.75, 3.05) is 20.8 Å². The summed E-state index contributed by atoms with van der Waals surface area (Å²) in [5, 5.41) is 6.79. The van der Waals surface area contributed by atoms with Gasteiger partial charge in [0.2, 0.25) is 11.7 Å². The van der Waals surface area contributed by atoms with Gasteiger partial charge in [0.05, 0.1) is 19.8 Å². The van der Waals surface area contributed by atoms with Crippen molar-refractivity contribution in [3.63, 3.8) is 0 Å². The van der Waals surface area contributed by atoms with Crippen molar-refractivity contribution in [2.45, 2.75) is 6.42 Å². The number of hydrogen-bond acceptors (Lipinski definition) is 6. The van der Waals surface area contributed by atoms with Crippen LogP contribution in [-0.2, 0) is 6.42 Å². The molecule has 1 aromatic heterocycles. The average Bonchev–Trinajstić information content (AvgIpc) is 3.17. The third-order valence-corrected chi connectivity index (χ3v) is 3.77. The van der Waals surface area contributed by atoms with Crippen molar-refractivity contribution in [3.05, 3.63) is 60.0 Å². The first-order valence-corrected chi connectivity index (χ1v) is 8.09. The second-order valence-corrected chi connectivity index (χ2v) is 5.45. The van der Waals surface area contributed by atoms with Crippen LogP contribution in [0.3, 0.4) is 0 Å². The Labute approximate surface area is 150 Å². The molecule has 0 aliphatic heterocycles. The van der Waals surface area contributed by atoms with Gasteiger partial charge in [0, 0.05) is 18.5 Å². The summed E-state index contributed by atoms with van der Waals surface area (Å²) in [6.07, 6.45) is 0.428. The number of amides is 1. The fourth-order valence-corrected chi connectivity index (χ4v) is 2.45. The Morgan fingerprint density at radius 2 is 1.96 bits per heavy atom. The number of methoxy groups -OCH3 is 2. The van der Waals surface area contributed by atoms with Gasteiger partial charge < -0.3 is 19.3 Å². The summed E-state index contributed by atoms with van der Waals surface area (Å²) in [5.41, 5.74) is 1.29. The van der Waals surface area contributed by atoms with Crippen LogP contribution in [-0.4, -0.2) is 36.8 Å². The highest BCUT2D eigenvalue weighted by atomic mass is 16.5. The summed E-state index contributed by atoms with van der Waals surface area (Å²) in [5.74, 6) is 1.97. The maximum atomic E-state index is 12.2. The minimum Gasteiger partial charge on any atom is -0.497 e. The first kappa shape index (κ1) is 17.5. The van der Waals surface area contributed by atoms with E-state index >= 15 is 0 Å². The topological polar surface area (TPSA) is 86.5 Å². The van der Waals surface area contributed by atoms with Crippen molar-refractivity contribution in [2.24, 2.45) is 0 Å². The third kappa shape index (κ3) is 4.00. The number of rotatable bonds is 7. The van der Waals surface area contributed by atoms with Crippen LogP contribution in [0, 0.1) is 0 Å². The van der Waals surface area contributed by atoms with Gasteiger partial charge in [-0.25, -0.2) is 0 Å². The highest BCUT2D eigenvalue weighted by Crippen LogP contribution is 2.21. The molecule has 2 aromatic carbocycles. The molecule has 7 heteroatoms. The maximum Gasteiger partial charge on any atom is 0.255 e. The Kier molecular flexibility index (Phi) is 5.48. The van der Waals surface area contributed by atoms with Gasteiger partial charge in [0.25, 0.3) is 5.91 Å². The van der Waals surface area contributed by atoms with E-state index in [1.54, 1.807) is 25.3 Å². The van der Waals surface area contributed by atoms with E-state index in [0.29, 0.717) is 36.0 Å². The fourth-order valence-electron chi connectivity index (χ4n) is 2.45. The van der Waals surface area contributed by atoms with Crippen LogP contribution in [0.5, 0.6) is 11.5 Å². The van der Waals surface area contributed by atoms with Gasteiger partial charge in [-0.2, -0.15) is 4.98 Å². The molecule has 0 atom stereocenters. The molecule has 0 fully saturated rings. The molecule has 3 aromatic rings. The monoisotopic (exact) mass is 353 g/mol. The van der Waals surface area contributed by atoms with Gasteiger partial charge in [-0.05, 0) is 24.3 Å². The molecule has 0 aliphatic rings. The van der Waals surface area contributed by atoms with E-state index < -0.39 is 0 Å². The van der Waals surface area contributed by atoms with Crippen LogP contribution in [0.2, 0.25) is 0 Å². The molecule has 0 radical (unpaired) electrons. The number of para-hydroxylation sites is 1. The predicted octanol–water partition coefficient (Wildman–Crippen LogP) is 2.73. The minimum atomic E-state index is -0.213. The molecule has 0 saturated heterocycles. The van der Waals surface area contributed by atoms with Crippen molar-refractivity contribution < 1.29 is 18.8 Å². The Bertz CT molecular complexity index is 892. The van der Waals surface area contributed by atoms with Gasteiger partial charge in [-0.1, -0.05) is 29.4 Å². The standard InChI is InChI=1S/C19H19N3O4/c1-24-14-7-5-6-13(12-14)18-21-17(26-22-18)10-11-20-19(23)15-8-3-4-9-16(15)25-2/h3-9,12H,10-11H2,1-2H3,(H,20,23). The molecule has 0 saturated carbocycles. The van der Waals surface area contributed by atoms with E-state index in [1.165, 1.54) is 7.11 Å². The number of hydrogen-bond donors (Lipinski definition) is 1. The number of carbonyl (C=O) groups is 1. The van der Waals surface area contributed by atoms with Gasteiger partial charge in [0.1, 0.15) is 11.5 Å². The highest BCUT2D eigenvalue weighted by molar-refractivity contribution is 5.96. The lowest BCUT2D eigenvalue weighted by atomic mass is 10.2. The molecule has 1 N–H and O–H groups in total. The lowest BCUT2D eigenvalue weighted by Gasteiger charge is -2.08. The van der Waals surface area contributed by atoms with Crippen LogP contribution in [0.15, 0.2) is 53.1 Å². The second-order valence-electron chi connectivity index (χ2n) is 5.45. The Balaban J connectivity index is 1.59. The van der Waals surface area contributed by atoms with Gasteiger partial charge >= 0.3 is 0 Å². The number of nitrogens with one attached hydrogen (secondary N) is 1. The SMILES string of the molecule is COc1cccc(-c2noc(CCNC(=O)c3ccccc3OC)n2)c1. The molecular weight excluding hydrogens is 334 g/mol. The van der Waals surface area contributed by atoms with Gasteiger partial charge in [-0.15, -0.1) is 0 Å². The van der Waals surface area contributed by atoms with Crippen LogP contribution in [0.4, 0.5) is 0 Å². The number of nitrogens with zero attached hydrogens (tertiary/aromatic N) is 2. The van der Waals surface area contributed by atoms with E-state index in [1.807, 2.05) is 30.3 Å². The zero-order chi connectivity index (χ0) is 18.4. The zero-order valence-corrected chi connectivity index (χ0v) is 14.6. The van der Waals surface area contributed by atoms with Crippen molar-refractivity contribution >= 4 is 5.91 Å². The second kappa shape index (κ2) is 8.15. The smallest absolute Gasteiger partial charge is 0.255 e. The van der Waals surface area contributed by atoms with E-state index in [4.69, 9.17) is 14.0 Å². The van der Waals surface area contributed by atoms with Crippen molar-refractivity contribution in [1.82, 2.24) is 15.5 Å². The Morgan fingerprint density at radius 3 is 2.77 bits per heavy atom. The first-order valence-electron chi connectivity index (χ1n) is 8.09. The maximum absolute atomic E-state index is 12.2. The summed E-state index contributed by atoms with van der Waals surface area (Å²) in [6, 6.07) is 14.5. The summed E-state index contributed by atoms with van der Waals surface area (Å²) in [6.45, 7) is 0.372. The van der Waals surface area contributed by atoms with Gasteiger partial charge in [0.15, 0.2) is 0 Å². The molecule has 134 valence electrons. The largest absolute Gasteiger partial charge is 0.497 e. The van der Waals surface area contributed by atoms with Crippen LogP contribution < -0.4 is 14.8 Å². The van der Waals surface area contributed by atoms with E-state index in [0.717, 1.165) is 11.3 Å². The zero-order valence-electron chi connectivity index (χ0n) is 14.6. The lowest BCUT2D eigenvalue weighted by Crippen LogP contribution is -2.26. The minimum absolute atomic E-state index is 0.213. The van der Waals surface area contributed by atoms with E-state index in [2.05, 4.69) is 15.5 Å². The normalized spacial score (nSPS) is 10.4. The summed E-state index contributed by atoms with van der Waals surface area (Å²) >= 11 is 0. The molecule has 1 heterocycles. The summed E-state index contributed by atoms with van der Waals surface area (Å²) < 4.78 is 15.6. The molecule has 1 amide bonds. The quantitative estimate of drug-likeness (QED) is 0.703. The number of benzene rings is 2. The Morgan fingerprint density at radius 1 is 1.12 bits per heavy atom. The molecule has 0 unspecified atom stereocenters. The molecule has 3 rings (SSSR count). The van der Waals surface area contributed by atoms with Crippen molar-refractivity contribution in [3.8, 4) is 22.9 Å². The van der Waals surface area contributed by atoms with E-state index in [-0.39, 0.29) is 5.91 Å².